The third-order valence-electron chi connectivity index (χ3n) is 19.0. The molecular weight excluding hydrogens is 1310 g/mol. The summed E-state index contributed by atoms with van der Waals surface area (Å²) in [5.74, 6) is -0.497. The Kier molecular flexibility index (Phi) is 71.2. The highest BCUT2D eigenvalue weighted by Gasteiger charge is 2.30. The number of hydrogen-bond acceptors (Lipinski definition) is 15. The normalized spacial score (nSPS) is 13.9. The van der Waals surface area contributed by atoms with Gasteiger partial charge in [-0.25, -0.2) is 9.13 Å². The smallest absolute Gasteiger partial charge is 0.462 e. The van der Waals surface area contributed by atoms with Crippen molar-refractivity contribution in [1.82, 2.24) is 0 Å². The number of esters is 4. The molecule has 594 valence electrons. The second-order valence-corrected chi connectivity index (χ2v) is 33.0. The topological polar surface area (TPSA) is 237 Å². The molecular formula is C81H158O17P2. The van der Waals surface area contributed by atoms with E-state index in [1.807, 2.05) is 0 Å². The lowest BCUT2D eigenvalue weighted by Gasteiger charge is -2.21. The molecule has 2 unspecified atom stereocenters. The van der Waals surface area contributed by atoms with Crippen LogP contribution >= 0.6 is 15.6 Å². The Hall–Kier alpha value is -1.94. The molecule has 0 amide bonds. The Morgan fingerprint density at radius 2 is 0.460 bits per heavy atom. The average Bonchev–Trinajstić information content (AvgIpc) is 0.914. The summed E-state index contributed by atoms with van der Waals surface area (Å²) in [6, 6.07) is 0. The predicted molar refractivity (Wildman–Crippen MR) is 409 cm³/mol. The summed E-state index contributed by atoms with van der Waals surface area (Å²) in [7, 11) is -9.92. The van der Waals surface area contributed by atoms with Gasteiger partial charge in [0.15, 0.2) is 12.2 Å². The van der Waals surface area contributed by atoms with Crippen LogP contribution in [0.2, 0.25) is 0 Å². The fourth-order valence-corrected chi connectivity index (χ4v) is 14.1. The first-order chi connectivity index (χ1) is 48.4. The lowest BCUT2D eigenvalue weighted by atomic mass is 10.0. The van der Waals surface area contributed by atoms with Gasteiger partial charge in [-0.15, -0.1) is 0 Å². The van der Waals surface area contributed by atoms with Crippen molar-refractivity contribution in [3.05, 3.63) is 0 Å². The summed E-state index contributed by atoms with van der Waals surface area (Å²) in [5.41, 5.74) is 0. The van der Waals surface area contributed by atoms with Crippen LogP contribution in [0.1, 0.15) is 427 Å². The minimum atomic E-state index is -4.96. The predicted octanol–water partition coefficient (Wildman–Crippen LogP) is 24.3. The van der Waals surface area contributed by atoms with Crippen molar-refractivity contribution in [2.24, 2.45) is 11.8 Å². The van der Waals surface area contributed by atoms with E-state index in [9.17, 15) is 43.2 Å². The first kappa shape index (κ1) is 98.1. The van der Waals surface area contributed by atoms with Crippen LogP contribution in [0.15, 0.2) is 0 Å². The Labute approximate surface area is 613 Å². The quantitative estimate of drug-likeness (QED) is 0.0222. The number of aliphatic hydroxyl groups excluding tert-OH is 1. The van der Waals surface area contributed by atoms with Gasteiger partial charge in [-0.1, -0.05) is 375 Å². The van der Waals surface area contributed by atoms with Crippen LogP contribution in [-0.4, -0.2) is 96.7 Å². The number of rotatable bonds is 80. The molecule has 0 saturated heterocycles. The highest BCUT2D eigenvalue weighted by molar-refractivity contribution is 7.47. The summed E-state index contributed by atoms with van der Waals surface area (Å²) in [6.45, 7) is 9.69. The average molecular weight is 1470 g/mol. The van der Waals surface area contributed by atoms with Gasteiger partial charge in [0.2, 0.25) is 0 Å². The van der Waals surface area contributed by atoms with Crippen molar-refractivity contribution in [2.45, 2.75) is 445 Å². The molecule has 0 aliphatic rings. The largest absolute Gasteiger partial charge is 0.472 e. The molecule has 5 atom stereocenters. The van der Waals surface area contributed by atoms with Gasteiger partial charge >= 0.3 is 39.5 Å². The Morgan fingerprint density at radius 1 is 0.270 bits per heavy atom. The fourth-order valence-electron chi connectivity index (χ4n) is 12.5. The maximum absolute atomic E-state index is 13.1. The summed E-state index contributed by atoms with van der Waals surface area (Å²) in [5, 5.41) is 10.6. The summed E-state index contributed by atoms with van der Waals surface area (Å²) in [4.78, 5) is 73.0. The molecule has 0 spiro atoms. The number of phosphoric acid groups is 2. The first-order valence-corrected chi connectivity index (χ1v) is 45.0. The Morgan fingerprint density at radius 3 is 0.680 bits per heavy atom. The third kappa shape index (κ3) is 74.3. The number of hydrogen-bond donors (Lipinski definition) is 3. The molecule has 3 N–H and O–H groups in total. The van der Waals surface area contributed by atoms with E-state index in [0.29, 0.717) is 25.7 Å². The van der Waals surface area contributed by atoms with Gasteiger partial charge in [-0.05, 0) is 37.5 Å². The van der Waals surface area contributed by atoms with Gasteiger partial charge in [-0.2, -0.15) is 0 Å². The van der Waals surface area contributed by atoms with Gasteiger partial charge in [0.1, 0.15) is 19.3 Å². The molecule has 0 rings (SSSR count). The molecule has 19 heteroatoms. The van der Waals surface area contributed by atoms with Crippen LogP contribution in [0.3, 0.4) is 0 Å². The van der Waals surface area contributed by atoms with Crippen LogP contribution < -0.4 is 0 Å². The maximum Gasteiger partial charge on any atom is 0.472 e. The second-order valence-electron chi connectivity index (χ2n) is 30.1. The van der Waals surface area contributed by atoms with E-state index in [4.69, 9.17) is 37.0 Å². The zero-order valence-electron chi connectivity index (χ0n) is 65.5. The molecule has 0 aromatic carbocycles. The number of phosphoric ester groups is 2. The Balaban J connectivity index is 5.24. The van der Waals surface area contributed by atoms with Crippen molar-refractivity contribution in [2.75, 3.05) is 39.6 Å². The van der Waals surface area contributed by atoms with E-state index >= 15 is 0 Å². The monoisotopic (exact) mass is 1470 g/mol. The van der Waals surface area contributed by atoms with Gasteiger partial charge in [0.25, 0.3) is 0 Å². The zero-order valence-corrected chi connectivity index (χ0v) is 67.3. The highest BCUT2D eigenvalue weighted by atomic mass is 31.2. The lowest BCUT2D eigenvalue weighted by Crippen LogP contribution is -2.30. The molecule has 0 radical (unpaired) electrons. The van der Waals surface area contributed by atoms with E-state index in [0.717, 1.165) is 102 Å². The minimum absolute atomic E-state index is 0.108. The number of unbranched alkanes of at least 4 members (excludes halogenated alkanes) is 50. The molecule has 100 heavy (non-hydrogen) atoms. The lowest BCUT2D eigenvalue weighted by molar-refractivity contribution is -0.161. The molecule has 0 aromatic rings. The molecule has 0 aromatic heterocycles. The fraction of sp³-hybridized carbons (Fsp3) is 0.951. The van der Waals surface area contributed by atoms with Gasteiger partial charge in [0, 0.05) is 25.7 Å². The highest BCUT2D eigenvalue weighted by Crippen LogP contribution is 2.45. The van der Waals surface area contributed by atoms with Crippen molar-refractivity contribution < 1.29 is 80.2 Å². The molecule has 0 aliphatic carbocycles. The first-order valence-electron chi connectivity index (χ1n) is 42.0. The molecule has 17 nitrogen and oxygen atoms in total. The second kappa shape index (κ2) is 72.6. The maximum atomic E-state index is 13.1. The van der Waals surface area contributed by atoms with E-state index in [1.54, 1.807) is 0 Å². The van der Waals surface area contributed by atoms with Gasteiger partial charge in [-0.3, -0.25) is 37.3 Å². The standard InChI is InChI=1S/C81H158O17P2/c1-7-9-11-13-15-17-19-33-39-45-51-57-63-78(83)91-69-76(97-80(85)65-59-53-47-41-34-20-18-16-14-12-10-8-2)71-95-99(87,88)93-67-75(82)68-94-100(89,90)96-72-77(98-81(86)66-60-54-48-42-36-30-26-22-24-28-32-38-44-50-56-62-74(5)6)70-92-79(84)64-58-52-46-40-35-29-25-21-23-27-31-37-43-49-55-61-73(3)4/h73-77,82H,7-72H2,1-6H3,(H,87,88)(H,89,90)/t75-,76+,77+/m0/s1. The summed E-state index contributed by atoms with van der Waals surface area (Å²) < 4.78 is 68.7. The van der Waals surface area contributed by atoms with E-state index in [-0.39, 0.29) is 25.7 Å². The number of aliphatic hydroxyl groups is 1. The van der Waals surface area contributed by atoms with Crippen LogP contribution in [0, 0.1) is 11.8 Å². The van der Waals surface area contributed by atoms with Crippen molar-refractivity contribution >= 4 is 39.5 Å². The van der Waals surface area contributed by atoms with Gasteiger partial charge < -0.3 is 33.8 Å². The Bertz CT molecular complexity index is 1920. The van der Waals surface area contributed by atoms with E-state index in [1.165, 1.54) is 244 Å². The number of carbonyl (C=O) groups excluding carboxylic acids is 4. The van der Waals surface area contributed by atoms with E-state index < -0.39 is 97.5 Å². The van der Waals surface area contributed by atoms with Gasteiger partial charge in [0.05, 0.1) is 26.4 Å². The molecule has 0 bridgehead atoms. The number of ether oxygens (including phenoxy) is 4. The SMILES string of the molecule is CCCCCCCCCCCCCCC(=O)OC[C@H](COP(=O)(O)OC[C@H](O)COP(=O)(O)OC[C@@H](COC(=O)CCCCCCCCCCCCCCCCCC(C)C)OC(=O)CCCCCCCCCCCCCCCCCC(C)C)OC(=O)CCCCCCCCCCCCCC. The summed E-state index contributed by atoms with van der Waals surface area (Å²) in [6.07, 6.45) is 62.3. The van der Waals surface area contributed by atoms with Crippen LogP contribution in [-0.2, 0) is 65.4 Å². The molecule has 0 aliphatic heterocycles. The van der Waals surface area contributed by atoms with E-state index in [2.05, 4.69) is 41.5 Å². The molecule has 0 heterocycles. The zero-order chi connectivity index (χ0) is 73.5. The van der Waals surface area contributed by atoms with Crippen LogP contribution in [0.5, 0.6) is 0 Å². The molecule has 0 fully saturated rings. The van der Waals surface area contributed by atoms with Crippen molar-refractivity contribution in [3.63, 3.8) is 0 Å². The summed E-state index contributed by atoms with van der Waals surface area (Å²) >= 11 is 0. The van der Waals surface area contributed by atoms with Crippen LogP contribution in [0.4, 0.5) is 0 Å². The van der Waals surface area contributed by atoms with Crippen LogP contribution in [0.25, 0.3) is 0 Å². The van der Waals surface area contributed by atoms with Crippen molar-refractivity contribution in [1.29, 1.82) is 0 Å². The number of carbonyl (C=O) groups is 4. The minimum Gasteiger partial charge on any atom is -0.462 e. The molecule has 0 saturated carbocycles. The third-order valence-corrected chi connectivity index (χ3v) is 20.9. The van der Waals surface area contributed by atoms with Crippen molar-refractivity contribution in [3.8, 4) is 0 Å².